The Hall–Kier alpha value is -4.27. The summed E-state index contributed by atoms with van der Waals surface area (Å²) in [5.41, 5.74) is 11.3. The van der Waals surface area contributed by atoms with Crippen LogP contribution in [0, 0.1) is 0 Å². The molecule has 0 atom stereocenters. The van der Waals surface area contributed by atoms with Crippen molar-refractivity contribution in [2.75, 3.05) is 24.7 Å². The van der Waals surface area contributed by atoms with Crippen LogP contribution in [0.1, 0.15) is 11.1 Å². The van der Waals surface area contributed by atoms with Crippen LogP contribution in [0.5, 0.6) is 11.6 Å². The molecule has 0 aliphatic heterocycles. The molecule has 3 heterocycles. The van der Waals surface area contributed by atoms with Crippen LogP contribution in [0.4, 0.5) is 11.6 Å². The third-order valence-corrected chi connectivity index (χ3v) is 5.30. The first-order valence-electron chi connectivity index (χ1n) is 10.3. The molecule has 162 valence electrons. The first-order chi connectivity index (χ1) is 15.7. The molecule has 5 N–H and O–H groups in total. The molecule has 0 amide bonds. The van der Waals surface area contributed by atoms with E-state index in [0.29, 0.717) is 23.7 Å². The second-order valence-electron chi connectivity index (χ2n) is 7.38. The fourth-order valence-electron chi connectivity index (χ4n) is 3.63. The topological polar surface area (TPSA) is 127 Å². The van der Waals surface area contributed by atoms with Gasteiger partial charge in [-0.05, 0) is 47.9 Å². The number of H-pyrrole nitrogens is 2. The van der Waals surface area contributed by atoms with Crippen molar-refractivity contribution in [3.8, 4) is 11.6 Å². The van der Waals surface area contributed by atoms with Crippen LogP contribution < -0.4 is 20.5 Å². The van der Waals surface area contributed by atoms with E-state index in [1.807, 2.05) is 36.4 Å². The number of hydrogen-bond donors (Lipinski definition) is 4. The Morgan fingerprint density at radius 1 is 1.06 bits per heavy atom. The molecule has 2 aromatic carbocycles. The quantitative estimate of drug-likeness (QED) is 0.296. The molecule has 0 saturated heterocycles. The molecule has 0 fully saturated rings. The molecule has 0 aliphatic carbocycles. The highest BCUT2D eigenvalue weighted by Crippen LogP contribution is 2.24. The van der Waals surface area contributed by atoms with Crippen molar-refractivity contribution in [2.24, 2.45) is 0 Å². The van der Waals surface area contributed by atoms with Gasteiger partial charge >= 0.3 is 0 Å². The molecule has 0 spiro atoms. The summed E-state index contributed by atoms with van der Waals surface area (Å²) in [4.78, 5) is 18.6. The molecular formula is C23H23N7O2. The molecule has 0 aliphatic rings. The summed E-state index contributed by atoms with van der Waals surface area (Å²) in [6, 6.07) is 14.2. The summed E-state index contributed by atoms with van der Waals surface area (Å²) in [5.74, 6) is 1.39. The maximum Gasteiger partial charge on any atom is 0.245 e. The Balaban J connectivity index is 1.18. The van der Waals surface area contributed by atoms with Crippen LogP contribution in [-0.4, -0.2) is 38.6 Å². The highest BCUT2D eigenvalue weighted by Gasteiger charge is 2.10. The molecule has 9 heteroatoms. The third kappa shape index (κ3) is 4.00. The van der Waals surface area contributed by atoms with Gasteiger partial charge in [-0.25, -0.2) is 4.98 Å². The van der Waals surface area contributed by atoms with Crippen molar-refractivity contribution in [1.29, 1.82) is 0 Å². The van der Waals surface area contributed by atoms with E-state index in [2.05, 4.69) is 42.5 Å². The number of nitrogens with two attached hydrogens (primary N) is 1. The number of imidazole rings is 1. The van der Waals surface area contributed by atoms with Gasteiger partial charge in [-0.3, -0.25) is 0 Å². The number of nitrogen functional groups attached to an aromatic ring is 1. The molecule has 5 aromatic rings. The minimum Gasteiger partial charge on any atom is -0.497 e. The minimum atomic E-state index is 0.132. The van der Waals surface area contributed by atoms with Gasteiger partial charge < -0.3 is 30.5 Å². The van der Waals surface area contributed by atoms with Crippen LogP contribution >= 0.6 is 0 Å². The molecule has 0 radical (unpaired) electrons. The monoisotopic (exact) mass is 429 g/mol. The highest BCUT2D eigenvalue weighted by atomic mass is 16.5. The largest absolute Gasteiger partial charge is 0.497 e. The van der Waals surface area contributed by atoms with Crippen LogP contribution in [0.2, 0.25) is 0 Å². The van der Waals surface area contributed by atoms with Crippen molar-refractivity contribution in [2.45, 2.75) is 13.0 Å². The molecular weight excluding hydrogens is 406 g/mol. The Morgan fingerprint density at radius 2 is 1.94 bits per heavy atom. The zero-order chi connectivity index (χ0) is 21.9. The number of nitrogens with zero attached hydrogens (tertiary/aromatic N) is 3. The van der Waals surface area contributed by atoms with E-state index >= 15 is 0 Å². The SMILES string of the molecule is COc1ccc2[nH]cc(CCNc3ccc(COc4nc(N)nc5nc[nH]c45)cc3)c2c1. The first kappa shape index (κ1) is 19.7. The lowest BCUT2D eigenvalue weighted by atomic mass is 10.1. The first-order valence-corrected chi connectivity index (χ1v) is 10.3. The summed E-state index contributed by atoms with van der Waals surface area (Å²) < 4.78 is 11.2. The van der Waals surface area contributed by atoms with E-state index in [0.717, 1.165) is 35.5 Å². The van der Waals surface area contributed by atoms with Gasteiger partial charge in [0.1, 0.15) is 17.9 Å². The maximum atomic E-state index is 5.84. The molecule has 5 rings (SSSR count). The maximum absolute atomic E-state index is 5.84. The molecule has 0 bridgehead atoms. The normalized spacial score (nSPS) is 11.2. The van der Waals surface area contributed by atoms with E-state index in [9.17, 15) is 0 Å². The lowest BCUT2D eigenvalue weighted by Gasteiger charge is -2.09. The lowest BCUT2D eigenvalue weighted by molar-refractivity contribution is 0.297. The number of methoxy groups -OCH3 is 1. The van der Waals surface area contributed by atoms with Crippen molar-refractivity contribution in [3.63, 3.8) is 0 Å². The second-order valence-corrected chi connectivity index (χ2v) is 7.38. The summed E-state index contributed by atoms with van der Waals surface area (Å²) in [7, 11) is 1.69. The number of hydrogen-bond acceptors (Lipinski definition) is 7. The van der Waals surface area contributed by atoms with Crippen molar-refractivity contribution >= 4 is 33.7 Å². The van der Waals surface area contributed by atoms with Crippen LogP contribution in [0.3, 0.4) is 0 Å². The van der Waals surface area contributed by atoms with Gasteiger partial charge in [0.15, 0.2) is 5.65 Å². The Morgan fingerprint density at radius 3 is 2.78 bits per heavy atom. The number of aromatic amines is 2. The van der Waals surface area contributed by atoms with Crippen LogP contribution in [-0.2, 0) is 13.0 Å². The Kier molecular flexibility index (Phi) is 5.20. The standard InChI is InChI=1S/C23H23N7O2/c1-31-17-6-7-19-18(10-17)15(11-26-19)8-9-25-16-4-2-14(3-5-16)12-32-22-20-21(28-13-27-20)29-23(24)30-22/h2-7,10-11,13,25-26H,8-9,12H2,1H3,(H3,24,27,28,29,30). The molecule has 0 unspecified atom stereocenters. The lowest BCUT2D eigenvalue weighted by Crippen LogP contribution is -2.05. The van der Waals surface area contributed by atoms with Gasteiger partial charge in [-0.15, -0.1) is 0 Å². The number of aromatic nitrogens is 5. The number of anilines is 2. The fraction of sp³-hybridized carbons (Fsp3) is 0.174. The average Bonchev–Trinajstić information content (AvgIpc) is 3.45. The van der Waals surface area contributed by atoms with E-state index in [1.54, 1.807) is 13.4 Å². The van der Waals surface area contributed by atoms with Gasteiger partial charge in [-0.2, -0.15) is 9.97 Å². The molecule has 32 heavy (non-hydrogen) atoms. The molecule has 9 nitrogen and oxygen atoms in total. The predicted octanol–water partition coefficient (Wildman–Crippen LogP) is 3.66. The van der Waals surface area contributed by atoms with Gasteiger partial charge in [0, 0.05) is 29.3 Å². The van der Waals surface area contributed by atoms with Crippen molar-refractivity contribution < 1.29 is 9.47 Å². The van der Waals surface area contributed by atoms with Crippen molar-refractivity contribution in [1.82, 2.24) is 24.9 Å². The smallest absolute Gasteiger partial charge is 0.245 e. The molecule has 3 aromatic heterocycles. The van der Waals surface area contributed by atoms with E-state index < -0.39 is 0 Å². The second kappa shape index (κ2) is 8.46. The number of benzene rings is 2. The fourth-order valence-corrected chi connectivity index (χ4v) is 3.63. The number of fused-ring (bicyclic) bond motifs is 2. The third-order valence-electron chi connectivity index (χ3n) is 5.30. The summed E-state index contributed by atoms with van der Waals surface area (Å²) in [6.07, 6.45) is 4.50. The summed E-state index contributed by atoms with van der Waals surface area (Å²) >= 11 is 0. The Labute approximate surface area is 184 Å². The highest BCUT2D eigenvalue weighted by molar-refractivity contribution is 5.84. The Bertz CT molecular complexity index is 1360. The average molecular weight is 429 g/mol. The van der Waals surface area contributed by atoms with Gasteiger partial charge in [-0.1, -0.05) is 12.1 Å². The number of nitrogens with one attached hydrogen (secondary N) is 3. The van der Waals surface area contributed by atoms with E-state index in [1.165, 1.54) is 10.9 Å². The van der Waals surface area contributed by atoms with E-state index in [4.69, 9.17) is 15.2 Å². The van der Waals surface area contributed by atoms with Gasteiger partial charge in [0.05, 0.1) is 13.4 Å². The minimum absolute atomic E-state index is 0.132. The number of ether oxygens (including phenoxy) is 2. The summed E-state index contributed by atoms with van der Waals surface area (Å²) in [6.45, 7) is 1.18. The van der Waals surface area contributed by atoms with Gasteiger partial charge in [0.25, 0.3) is 0 Å². The molecule has 0 saturated carbocycles. The van der Waals surface area contributed by atoms with Crippen LogP contribution in [0.15, 0.2) is 55.0 Å². The zero-order valence-corrected chi connectivity index (χ0v) is 17.6. The zero-order valence-electron chi connectivity index (χ0n) is 17.6. The van der Waals surface area contributed by atoms with E-state index in [-0.39, 0.29) is 5.95 Å². The summed E-state index contributed by atoms with van der Waals surface area (Å²) in [5, 5.41) is 4.66. The van der Waals surface area contributed by atoms with Crippen LogP contribution in [0.25, 0.3) is 22.1 Å². The van der Waals surface area contributed by atoms with Gasteiger partial charge in [0.2, 0.25) is 11.8 Å². The van der Waals surface area contributed by atoms with Crippen molar-refractivity contribution in [3.05, 3.63) is 66.1 Å². The predicted molar refractivity (Wildman–Crippen MR) is 124 cm³/mol. The number of rotatable bonds is 8.